The van der Waals surface area contributed by atoms with E-state index in [0.29, 0.717) is 17.1 Å². The molecule has 0 atom stereocenters. The summed E-state index contributed by atoms with van der Waals surface area (Å²) in [6.07, 6.45) is 0. The average Bonchev–Trinajstić information content (AvgIpc) is 2.77. The smallest absolute Gasteiger partial charge is 0.261 e. The number of methoxy groups -OCH3 is 1. The molecular weight excluding hydrogens is 364 g/mol. The minimum absolute atomic E-state index is 0.0206. The molecule has 2 aromatic carbocycles. The fourth-order valence-electron chi connectivity index (χ4n) is 2.66. The Kier molecular flexibility index (Phi) is 4.17. The molecule has 1 amide bonds. The number of halogens is 1. The number of amides is 1. The second-order valence-electron chi connectivity index (χ2n) is 6.24. The molecule has 25 heavy (non-hydrogen) atoms. The van der Waals surface area contributed by atoms with Crippen molar-refractivity contribution in [1.82, 2.24) is 0 Å². The second-order valence-corrected chi connectivity index (χ2v) is 8.33. The van der Waals surface area contributed by atoms with Crippen LogP contribution in [-0.2, 0) is 20.2 Å². The van der Waals surface area contributed by atoms with E-state index >= 15 is 0 Å². The summed E-state index contributed by atoms with van der Waals surface area (Å²) >= 11 is 6.01. The number of carbonyl (C=O) groups excluding carboxylic acids is 1. The third kappa shape index (κ3) is 3.05. The fourth-order valence-corrected chi connectivity index (χ4v) is 4.06. The van der Waals surface area contributed by atoms with E-state index in [4.69, 9.17) is 16.3 Å². The van der Waals surface area contributed by atoms with Gasteiger partial charge in [0.05, 0.1) is 22.4 Å². The lowest BCUT2D eigenvalue weighted by Crippen LogP contribution is -2.26. The van der Waals surface area contributed by atoms with Gasteiger partial charge in [-0.1, -0.05) is 11.6 Å². The first-order chi connectivity index (χ1) is 11.6. The molecule has 1 heterocycles. The number of benzene rings is 2. The third-order valence-electron chi connectivity index (χ3n) is 4.19. The summed E-state index contributed by atoms with van der Waals surface area (Å²) in [5, 5.41) is 2.99. The van der Waals surface area contributed by atoms with Crippen LogP contribution in [0, 0.1) is 0 Å². The number of fused-ring (bicyclic) bond motifs is 1. The molecule has 6 nitrogen and oxygen atoms in total. The van der Waals surface area contributed by atoms with Gasteiger partial charge in [-0.25, -0.2) is 8.42 Å². The number of nitrogens with one attached hydrogen (secondary N) is 2. The van der Waals surface area contributed by atoms with Gasteiger partial charge in [0.25, 0.3) is 10.0 Å². The molecule has 0 unspecified atom stereocenters. The van der Waals surface area contributed by atoms with Gasteiger partial charge in [0, 0.05) is 11.4 Å². The van der Waals surface area contributed by atoms with Gasteiger partial charge in [0.15, 0.2) is 0 Å². The summed E-state index contributed by atoms with van der Waals surface area (Å²) < 4.78 is 32.7. The number of hydrogen-bond donors (Lipinski definition) is 2. The Labute approximate surface area is 151 Å². The molecule has 0 saturated carbocycles. The lowest BCUT2D eigenvalue weighted by atomic mass is 9.86. The molecular formula is C17H17ClN2O4S. The zero-order chi connectivity index (χ0) is 18.4. The Balaban J connectivity index is 1.94. The quantitative estimate of drug-likeness (QED) is 0.851. The second kappa shape index (κ2) is 5.93. The highest BCUT2D eigenvalue weighted by Gasteiger charge is 2.38. The Morgan fingerprint density at radius 2 is 1.88 bits per heavy atom. The normalized spacial score (nSPS) is 15.4. The van der Waals surface area contributed by atoms with E-state index in [1.807, 2.05) is 0 Å². The van der Waals surface area contributed by atoms with Crippen LogP contribution >= 0.6 is 11.6 Å². The van der Waals surface area contributed by atoms with Gasteiger partial charge >= 0.3 is 0 Å². The van der Waals surface area contributed by atoms with E-state index in [1.165, 1.54) is 25.3 Å². The minimum Gasteiger partial charge on any atom is -0.495 e. The molecule has 1 aliphatic heterocycles. The fraction of sp³-hybridized carbons (Fsp3) is 0.235. The highest BCUT2D eigenvalue weighted by Crippen LogP contribution is 2.39. The number of sulfonamides is 1. The molecule has 0 saturated heterocycles. The average molecular weight is 381 g/mol. The number of anilines is 2. The van der Waals surface area contributed by atoms with Crippen LogP contribution in [0.2, 0.25) is 5.02 Å². The molecule has 8 heteroatoms. The van der Waals surface area contributed by atoms with E-state index < -0.39 is 15.4 Å². The molecule has 0 radical (unpaired) electrons. The number of hydrogen-bond acceptors (Lipinski definition) is 4. The van der Waals surface area contributed by atoms with Crippen molar-refractivity contribution in [3.05, 3.63) is 47.0 Å². The maximum absolute atomic E-state index is 12.6. The summed E-state index contributed by atoms with van der Waals surface area (Å²) in [6.45, 7) is 3.57. The lowest BCUT2D eigenvalue weighted by Gasteiger charge is -2.16. The van der Waals surface area contributed by atoms with Crippen LogP contribution in [0.5, 0.6) is 5.75 Å². The number of carbonyl (C=O) groups is 1. The zero-order valence-corrected chi connectivity index (χ0v) is 15.5. The summed E-state index contributed by atoms with van der Waals surface area (Å²) in [6, 6.07) is 9.17. The van der Waals surface area contributed by atoms with Gasteiger partial charge in [0.2, 0.25) is 5.91 Å². The van der Waals surface area contributed by atoms with Crippen LogP contribution in [0.1, 0.15) is 19.4 Å². The summed E-state index contributed by atoms with van der Waals surface area (Å²) in [7, 11) is -2.37. The van der Waals surface area contributed by atoms with E-state index in [0.717, 1.165) is 5.56 Å². The first-order valence-electron chi connectivity index (χ1n) is 7.47. The highest BCUT2D eigenvalue weighted by molar-refractivity contribution is 7.92. The SMILES string of the molecule is COc1ccc(S(=O)(=O)Nc2ccc3c(c2)C(C)(C)C(=O)N3)cc1Cl. The topological polar surface area (TPSA) is 84.5 Å². The molecule has 1 aliphatic rings. The predicted molar refractivity (Wildman–Crippen MR) is 96.9 cm³/mol. The van der Waals surface area contributed by atoms with Crippen molar-refractivity contribution in [2.45, 2.75) is 24.2 Å². The first kappa shape index (κ1) is 17.6. The van der Waals surface area contributed by atoms with Crippen LogP contribution in [0.4, 0.5) is 11.4 Å². The van der Waals surface area contributed by atoms with Crippen LogP contribution in [0.3, 0.4) is 0 Å². The van der Waals surface area contributed by atoms with Crippen molar-refractivity contribution in [1.29, 1.82) is 0 Å². The van der Waals surface area contributed by atoms with Crippen LogP contribution in [-0.4, -0.2) is 21.4 Å². The maximum atomic E-state index is 12.6. The van der Waals surface area contributed by atoms with Crippen LogP contribution < -0.4 is 14.8 Å². The van der Waals surface area contributed by atoms with Crippen LogP contribution in [0.15, 0.2) is 41.3 Å². The minimum atomic E-state index is -3.82. The maximum Gasteiger partial charge on any atom is 0.261 e. The Morgan fingerprint density at radius 3 is 2.52 bits per heavy atom. The van der Waals surface area contributed by atoms with Crippen LogP contribution in [0.25, 0.3) is 0 Å². The molecule has 0 aromatic heterocycles. The standard InChI is InChI=1S/C17H17ClN2O4S/c1-17(2)12-8-10(4-6-14(12)19-16(17)21)20-25(22,23)11-5-7-15(24-3)13(18)9-11/h4-9,20H,1-3H3,(H,19,21). The van der Waals surface area contributed by atoms with Crippen molar-refractivity contribution in [2.24, 2.45) is 0 Å². The van der Waals surface area contributed by atoms with Gasteiger partial charge in [-0.05, 0) is 55.8 Å². The Hall–Kier alpha value is -2.25. The van der Waals surface area contributed by atoms with Crippen molar-refractivity contribution in [2.75, 3.05) is 17.1 Å². The monoisotopic (exact) mass is 380 g/mol. The lowest BCUT2D eigenvalue weighted by molar-refractivity contribution is -0.119. The van der Waals surface area contributed by atoms with Crippen molar-refractivity contribution < 1.29 is 17.9 Å². The van der Waals surface area contributed by atoms with Gasteiger partial charge in [-0.2, -0.15) is 0 Å². The van der Waals surface area contributed by atoms with Gasteiger partial charge in [-0.15, -0.1) is 0 Å². The van der Waals surface area contributed by atoms with E-state index in [1.54, 1.807) is 32.0 Å². The third-order valence-corrected chi connectivity index (χ3v) is 5.87. The zero-order valence-electron chi connectivity index (χ0n) is 13.9. The number of rotatable bonds is 4. The van der Waals surface area contributed by atoms with E-state index in [2.05, 4.69) is 10.0 Å². The molecule has 0 fully saturated rings. The number of ether oxygens (including phenoxy) is 1. The highest BCUT2D eigenvalue weighted by atomic mass is 35.5. The molecule has 3 rings (SSSR count). The summed E-state index contributed by atoms with van der Waals surface area (Å²) in [4.78, 5) is 12.0. The molecule has 2 N–H and O–H groups in total. The molecule has 132 valence electrons. The van der Waals surface area contributed by atoms with E-state index in [-0.39, 0.29) is 15.8 Å². The largest absolute Gasteiger partial charge is 0.495 e. The van der Waals surface area contributed by atoms with Crippen molar-refractivity contribution in [3.8, 4) is 5.75 Å². The van der Waals surface area contributed by atoms with Gasteiger partial charge < -0.3 is 10.1 Å². The van der Waals surface area contributed by atoms with Crippen molar-refractivity contribution in [3.63, 3.8) is 0 Å². The van der Waals surface area contributed by atoms with Gasteiger partial charge in [-0.3, -0.25) is 9.52 Å². The van der Waals surface area contributed by atoms with Crippen molar-refractivity contribution >= 4 is 38.9 Å². The van der Waals surface area contributed by atoms with E-state index in [9.17, 15) is 13.2 Å². The molecule has 0 bridgehead atoms. The molecule has 0 spiro atoms. The molecule has 0 aliphatic carbocycles. The summed E-state index contributed by atoms with van der Waals surface area (Å²) in [5.74, 6) is 0.272. The Bertz CT molecular complexity index is 971. The molecule has 2 aromatic rings. The summed E-state index contributed by atoms with van der Waals surface area (Å²) in [5.41, 5.74) is 1.08. The Morgan fingerprint density at radius 1 is 1.16 bits per heavy atom. The predicted octanol–water partition coefficient (Wildman–Crippen LogP) is 3.38. The van der Waals surface area contributed by atoms with Gasteiger partial charge in [0.1, 0.15) is 5.75 Å². The first-order valence-corrected chi connectivity index (χ1v) is 9.33.